The van der Waals surface area contributed by atoms with Crippen molar-refractivity contribution in [3.05, 3.63) is 93.7 Å². The number of hydrogen-bond donors (Lipinski definition) is 1. The molecular weight excluding hydrogens is 407 g/mol. The van der Waals surface area contributed by atoms with E-state index in [9.17, 15) is 14.0 Å². The quantitative estimate of drug-likeness (QED) is 0.645. The van der Waals surface area contributed by atoms with Gasteiger partial charge >= 0.3 is 0 Å². The highest BCUT2D eigenvalue weighted by Gasteiger charge is 2.18. The minimum absolute atomic E-state index is 0.122. The van der Waals surface area contributed by atoms with Gasteiger partial charge in [-0.15, -0.1) is 0 Å². The van der Waals surface area contributed by atoms with Crippen molar-refractivity contribution in [2.75, 3.05) is 13.1 Å². The average molecular weight is 435 g/mol. The first kappa shape index (κ1) is 21.9. The number of amides is 1. The fourth-order valence-electron chi connectivity index (χ4n) is 4.12. The Morgan fingerprint density at radius 3 is 2.59 bits per heavy atom. The molecule has 0 radical (unpaired) electrons. The van der Waals surface area contributed by atoms with Crippen LogP contribution < -0.4 is 10.9 Å². The van der Waals surface area contributed by atoms with Crippen LogP contribution in [-0.2, 0) is 13.1 Å². The molecule has 0 saturated carbocycles. The van der Waals surface area contributed by atoms with Gasteiger partial charge in [0.25, 0.3) is 11.5 Å². The molecule has 166 valence electrons. The van der Waals surface area contributed by atoms with Crippen molar-refractivity contribution in [1.82, 2.24) is 20.0 Å². The van der Waals surface area contributed by atoms with E-state index in [0.29, 0.717) is 18.2 Å². The fraction of sp³-hybridized carbons (Fsp3) is 0.320. The van der Waals surface area contributed by atoms with Gasteiger partial charge in [0.15, 0.2) is 0 Å². The first-order chi connectivity index (χ1) is 15.5. The lowest BCUT2D eigenvalue weighted by Gasteiger charge is -2.31. The van der Waals surface area contributed by atoms with E-state index in [1.165, 1.54) is 54.8 Å². The first-order valence-corrected chi connectivity index (χ1v) is 10.9. The van der Waals surface area contributed by atoms with Crippen LogP contribution in [0.4, 0.5) is 4.39 Å². The Balaban J connectivity index is 1.46. The third-order valence-electron chi connectivity index (χ3n) is 5.80. The van der Waals surface area contributed by atoms with Crippen LogP contribution in [0.3, 0.4) is 0 Å². The molecule has 3 aromatic rings. The lowest BCUT2D eigenvalue weighted by atomic mass is 9.99. The molecule has 0 spiro atoms. The van der Waals surface area contributed by atoms with Gasteiger partial charge in [-0.3, -0.25) is 14.5 Å². The van der Waals surface area contributed by atoms with Crippen molar-refractivity contribution < 1.29 is 9.18 Å². The molecule has 6 nitrogen and oxygen atoms in total. The monoisotopic (exact) mass is 434 g/mol. The molecule has 1 aliphatic heterocycles. The predicted octanol–water partition coefficient (Wildman–Crippen LogP) is 3.53. The molecule has 7 heteroatoms. The van der Waals surface area contributed by atoms with Gasteiger partial charge in [0, 0.05) is 25.7 Å². The van der Waals surface area contributed by atoms with Crippen LogP contribution in [-0.4, -0.2) is 33.7 Å². The van der Waals surface area contributed by atoms with Crippen LogP contribution in [0.1, 0.15) is 41.4 Å². The molecular formula is C25H27FN4O2. The van der Waals surface area contributed by atoms with E-state index in [0.717, 1.165) is 29.9 Å². The smallest absolute Gasteiger partial charge is 0.272 e. The maximum absolute atomic E-state index is 13.2. The van der Waals surface area contributed by atoms with Crippen LogP contribution in [0.2, 0.25) is 0 Å². The van der Waals surface area contributed by atoms with Crippen LogP contribution in [0.25, 0.3) is 5.69 Å². The van der Waals surface area contributed by atoms with Gasteiger partial charge in [-0.05, 0) is 66.8 Å². The first-order valence-electron chi connectivity index (χ1n) is 10.9. The zero-order chi connectivity index (χ0) is 22.5. The van der Waals surface area contributed by atoms with Crippen molar-refractivity contribution >= 4 is 5.91 Å². The van der Waals surface area contributed by atoms with Gasteiger partial charge in [0.05, 0.1) is 5.69 Å². The van der Waals surface area contributed by atoms with Crippen LogP contribution in [0.5, 0.6) is 0 Å². The number of benzene rings is 2. The van der Waals surface area contributed by atoms with Gasteiger partial charge < -0.3 is 5.32 Å². The second-order valence-corrected chi connectivity index (χ2v) is 8.38. The highest BCUT2D eigenvalue weighted by molar-refractivity contribution is 5.92. The molecule has 1 N–H and O–H groups in total. The second kappa shape index (κ2) is 9.87. The molecule has 1 saturated heterocycles. The zero-order valence-electron chi connectivity index (χ0n) is 18.1. The number of hydrogen-bond acceptors (Lipinski definition) is 4. The molecule has 2 aromatic carbocycles. The Labute approximate surface area is 186 Å². The van der Waals surface area contributed by atoms with Crippen LogP contribution >= 0.6 is 0 Å². The number of halogens is 1. The minimum Gasteiger partial charge on any atom is -0.347 e. The molecule has 1 unspecified atom stereocenters. The summed E-state index contributed by atoms with van der Waals surface area (Å²) in [6, 6.07) is 16.2. The summed E-state index contributed by atoms with van der Waals surface area (Å²) in [5.74, 6) is -0.0749. The summed E-state index contributed by atoms with van der Waals surface area (Å²) in [6.45, 7) is 5.71. The Kier molecular flexibility index (Phi) is 6.75. The maximum atomic E-state index is 13.2. The number of piperidine rings is 1. The maximum Gasteiger partial charge on any atom is 0.272 e. The normalized spacial score (nSPS) is 16.6. The number of aromatic nitrogens is 2. The SMILES string of the molecule is CC1CCCN(Cc2ccccc2CNC(=O)c2ccc(=O)n(-c3ccc(F)cc3)n2)C1. The zero-order valence-corrected chi connectivity index (χ0v) is 18.1. The number of likely N-dealkylation sites (tertiary alicyclic amines) is 1. The van der Waals surface area contributed by atoms with Gasteiger partial charge in [-0.1, -0.05) is 31.2 Å². The van der Waals surface area contributed by atoms with Crippen LogP contribution in [0.15, 0.2) is 65.5 Å². The van der Waals surface area contributed by atoms with E-state index < -0.39 is 11.4 Å². The van der Waals surface area contributed by atoms with Gasteiger partial charge in [0.2, 0.25) is 0 Å². The molecule has 4 rings (SSSR count). The second-order valence-electron chi connectivity index (χ2n) is 8.38. The Morgan fingerprint density at radius 1 is 1.09 bits per heavy atom. The molecule has 1 aliphatic rings. The molecule has 1 atom stereocenters. The van der Waals surface area contributed by atoms with E-state index in [1.54, 1.807) is 0 Å². The van der Waals surface area contributed by atoms with E-state index >= 15 is 0 Å². The summed E-state index contributed by atoms with van der Waals surface area (Å²) >= 11 is 0. The Morgan fingerprint density at radius 2 is 1.84 bits per heavy atom. The Bertz CT molecular complexity index is 1140. The number of nitrogens with zero attached hydrogens (tertiary/aromatic N) is 3. The highest BCUT2D eigenvalue weighted by atomic mass is 19.1. The molecule has 32 heavy (non-hydrogen) atoms. The van der Waals surface area contributed by atoms with E-state index in [-0.39, 0.29) is 11.6 Å². The largest absolute Gasteiger partial charge is 0.347 e. The van der Waals surface area contributed by atoms with Crippen molar-refractivity contribution in [3.63, 3.8) is 0 Å². The number of carbonyl (C=O) groups excluding carboxylic acids is 1. The third kappa shape index (κ3) is 5.29. The van der Waals surface area contributed by atoms with E-state index in [2.05, 4.69) is 28.3 Å². The number of rotatable bonds is 6. The molecule has 2 heterocycles. The van der Waals surface area contributed by atoms with Gasteiger partial charge in [-0.25, -0.2) is 4.39 Å². The number of carbonyl (C=O) groups is 1. The summed E-state index contributed by atoms with van der Waals surface area (Å²) in [5, 5.41) is 7.08. The van der Waals surface area contributed by atoms with Crippen molar-refractivity contribution in [1.29, 1.82) is 0 Å². The van der Waals surface area contributed by atoms with Crippen molar-refractivity contribution in [3.8, 4) is 5.69 Å². The third-order valence-corrected chi connectivity index (χ3v) is 5.80. The molecule has 0 bridgehead atoms. The predicted molar refractivity (Wildman–Crippen MR) is 121 cm³/mol. The summed E-state index contributed by atoms with van der Waals surface area (Å²) in [5.41, 5.74) is 2.38. The topological polar surface area (TPSA) is 67.2 Å². The van der Waals surface area contributed by atoms with E-state index in [1.807, 2.05) is 18.2 Å². The van der Waals surface area contributed by atoms with Crippen molar-refractivity contribution in [2.24, 2.45) is 5.92 Å². The van der Waals surface area contributed by atoms with E-state index in [4.69, 9.17) is 0 Å². The lowest BCUT2D eigenvalue weighted by Crippen LogP contribution is -2.34. The minimum atomic E-state index is -0.409. The van der Waals surface area contributed by atoms with Gasteiger partial charge in [0.1, 0.15) is 11.5 Å². The molecule has 1 amide bonds. The molecule has 1 fully saturated rings. The Hall–Kier alpha value is -3.32. The summed E-state index contributed by atoms with van der Waals surface area (Å²) in [6.07, 6.45) is 2.50. The number of nitrogens with one attached hydrogen (secondary N) is 1. The summed E-state index contributed by atoms with van der Waals surface area (Å²) in [7, 11) is 0. The van der Waals surface area contributed by atoms with Crippen molar-refractivity contribution in [2.45, 2.75) is 32.9 Å². The molecule has 0 aliphatic carbocycles. The highest BCUT2D eigenvalue weighted by Crippen LogP contribution is 2.19. The lowest BCUT2D eigenvalue weighted by molar-refractivity contribution is 0.0944. The standard InChI is InChI=1S/C25H27FN4O2/c1-18-5-4-14-29(16-18)17-20-7-3-2-6-19(20)15-27-25(32)23-12-13-24(31)30(28-23)22-10-8-21(26)9-11-22/h2-3,6-13,18H,4-5,14-17H2,1H3,(H,27,32). The average Bonchev–Trinajstić information content (AvgIpc) is 2.79. The van der Waals surface area contributed by atoms with Crippen LogP contribution in [0, 0.1) is 11.7 Å². The molecule has 1 aromatic heterocycles. The summed E-state index contributed by atoms with van der Waals surface area (Å²) < 4.78 is 14.3. The fourth-order valence-corrected chi connectivity index (χ4v) is 4.12. The summed E-state index contributed by atoms with van der Waals surface area (Å²) in [4.78, 5) is 27.4. The van der Waals surface area contributed by atoms with Gasteiger partial charge in [-0.2, -0.15) is 9.78 Å².